The lowest BCUT2D eigenvalue weighted by molar-refractivity contribution is 0.0755. The van der Waals surface area contributed by atoms with Crippen LogP contribution in [0.3, 0.4) is 0 Å². The van der Waals surface area contributed by atoms with E-state index >= 15 is 0 Å². The third kappa shape index (κ3) is 5.14. The minimum absolute atomic E-state index is 0.00824. The van der Waals surface area contributed by atoms with Gasteiger partial charge in [0.05, 0.1) is 11.8 Å². The van der Waals surface area contributed by atoms with E-state index in [1.165, 1.54) is 23.3 Å². The summed E-state index contributed by atoms with van der Waals surface area (Å²) in [5.41, 5.74) is 3.94. The van der Waals surface area contributed by atoms with Crippen molar-refractivity contribution in [1.29, 1.82) is 0 Å². The zero-order valence-corrected chi connectivity index (χ0v) is 20.5. The number of nitrogens with zero attached hydrogens (tertiary/aromatic N) is 3. The van der Waals surface area contributed by atoms with Crippen molar-refractivity contribution in [2.24, 2.45) is 0 Å². The number of aliphatic hydroxyl groups excluding tert-OH is 1. The number of aromatic amines is 1. The van der Waals surface area contributed by atoms with Crippen molar-refractivity contribution in [3.8, 4) is 11.3 Å². The highest BCUT2D eigenvalue weighted by atomic mass is 19.1. The van der Waals surface area contributed by atoms with Gasteiger partial charge in [-0.3, -0.25) is 5.10 Å². The van der Waals surface area contributed by atoms with Crippen LogP contribution in [-0.4, -0.2) is 63.4 Å². The number of carbonyl (C=O) groups excluding carboxylic acids is 1. The van der Waals surface area contributed by atoms with Crippen molar-refractivity contribution in [2.45, 2.75) is 50.5 Å². The molecule has 5 rings (SSSR count). The topological polar surface area (TPSA) is 72.5 Å². The maximum Gasteiger partial charge on any atom is 0.320 e. The summed E-state index contributed by atoms with van der Waals surface area (Å²) in [4.78, 5) is 17.2. The fourth-order valence-corrected chi connectivity index (χ4v) is 5.39. The number of aryl methyl sites for hydroxylation is 1. The first kappa shape index (κ1) is 24.4. The second-order valence-corrected chi connectivity index (χ2v) is 9.96. The lowest BCUT2D eigenvalue weighted by Gasteiger charge is -2.41. The molecule has 1 aromatic heterocycles. The summed E-state index contributed by atoms with van der Waals surface area (Å²) in [6.07, 6.45) is 2.64. The fraction of sp³-hybridized carbons (Fsp3) is 0.429. The van der Waals surface area contributed by atoms with Gasteiger partial charge in [-0.2, -0.15) is 5.10 Å². The lowest BCUT2D eigenvalue weighted by Crippen LogP contribution is -2.51. The van der Waals surface area contributed by atoms with E-state index in [2.05, 4.69) is 41.4 Å². The highest BCUT2D eigenvalue weighted by Gasteiger charge is 2.35. The minimum atomic E-state index is -0.658. The number of benzene rings is 2. The normalized spacial score (nSPS) is 21.1. The Balaban J connectivity index is 1.41. The van der Waals surface area contributed by atoms with E-state index in [0.29, 0.717) is 44.7 Å². The van der Waals surface area contributed by atoms with Crippen LogP contribution in [0, 0.1) is 11.6 Å². The molecular formula is C28H32F2N4O2. The molecule has 2 amide bonds. The predicted octanol–water partition coefficient (Wildman–Crippen LogP) is 5.07. The second-order valence-electron chi connectivity index (χ2n) is 9.96. The summed E-state index contributed by atoms with van der Waals surface area (Å²) in [6.45, 7) is 4.37. The Morgan fingerprint density at radius 2 is 1.75 bits per heavy atom. The van der Waals surface area contributed by atoms with Gasteiger partial charge in [0.15, 0.2) is 0 Å². The zero-order valence-electron chi connectivity index (χ0n) is 20.5. The van der Waals surface area contributed by atoms with Crippen LogP contribution in [0.2, 0.25) is 0 Å². The van der Waals surface area contributed by atoms with Gasteiger partial charge in [-0.1, -0.05) is 31.2 Å². The van der Waals surface area contributed by atoms with E-state index in [9.17, 15) is 18.7 Å². The Bertz CT molecular complexity index is 1200. The minimum Gasteiger partial charge on any atom is -0.393 e. The van der Waals surface area contributed by atoms with Crippen LogP contribution in [0.1, 0.15) is 54.8 Å². The SMILES string of the molecule is CCc1ccc(C2CC(c3cc(-c4ccc(F)cc4F)n[nH]3)CN(C(=O)N3CCC(O)CC3)C2)cc1. The van der Waals surface area contributed by atoms with Gasteiger partial charge in [0.25, 0.3) is 0 Å². The number of aliphatic hydroxyl groups is 1. The van der Waals surface area contributed by atoms with Crippen molar-refractivity contribution in [3.05, 3.63) is 77.0 Å². The standard InChI is InChI=1S/C28H32F2N4O2/c1-2-18-3-5-19(6-4-18)20-13-21(17-34(16-20)28(36)33-11-9-23(35)10-12-33)26-15-27(32-31-26)24-8-7-22(29)14-25(24)30/h3-8,14-15,20-21,23,35H,2,9-13,16-17H2,1H3,(H,31,32). The summed E-state index contributed by atoms with van der Waals surface area (Å²) in [5, 5.41) is 17.2. The average molecular weight is 495 g/mol. The monoisotopic (exact) mass is 494 g/mol. The summed E-state index contributed by atoms with van der Waals surface area (Å²) < 4.78 is 27.7. The molecule has 3 aromatic rings. The Morgan fingerprint density at radius 3 is 2.44 bits per heavy atom. The third-order valence-corrected chi connectivity index (χ3v) is 7.56. The van der Waals surface area contributed by atoms with Gasteiger partial charge in [0, 0.05) is 55.3 Å². The Kier molecular flexibility index (Phi) is 7.05. The Labute approximate surface area is 209 Å². The molecule has 8 heteroatoms. The van der Waals surface area contributed by atoms with Crippen molar-refractivity contribution in [1.82, 2.24) is 20.0 Å². The molecule has 2 saturated heterocycles. The van der Waals surface area contributed by atoms with Gasteiger partial charge in [-0.05, 0) is 55.0 Å². The number of carbonyl (C=O) groups is 1. The van der Waals surface area contributed by atoms with Crippen LogP contribution < -0.4 is 0 Å². The molecule has 0 saturated carbocycles. The highest BCUT2D eigenvalue weighted by molar-refractivity contribution is 5.75. The van der Waals surface area contributed by atoms with Gasteiger partial charge < -0.3 is 14.9 Å². The summed E-state index contributed by atoms with van der Waals surface area (Å²) >= 11 is 0. The van der Waals surface area contributed by atoms with Gasteiger partial charge in [0.2, 0.25) is 0 Å². The number of likely N-dealkylation sites (tertiary alicyclic amines) is 2. The van der Waals surface area contributed by atoms with Crippen molar-refractivity contribution in [3.63, 3.8) is 0 Å². The number of aromatic nitrogens is 2. The van der Waals surface area contributed by atoms with Crippen LogP contribution in [-0.2, 0) is 6.42 Å². The Morgan fingerprint density at radius 1 is 1.03 bits per heavy atom. The van der Waals surface area contributed by atoms with E-state index in [4.69, 9.17) is 0 Å². The molecule has 0 radical (unpaired) electrons. The first-order chi connectivity index (χ1) is 17.4. The molecule has 36 heavy (non-hydrogen) atoms. The van der Waals surface area contributed by atoms with Gasteiger partial charge >= 0.3 is 6.03 Å². The maximum absolute atomic E-state index is 14.4. The van der Waals surface area contributed by atoms with Crippen molar-refractivity contribution < 1.29 is 18.7 Å². The molecule has 3 heterocycles. The van der Waals surface area contributed by atoms with Gasteiger partial charge in [-0.15, -0.1) is 0 Å². The largest absolute Gasteiger partial charge is 0.393 e. The quantitative estimate of drug-likeness (QED) is 0.532. The lowest BCUT2D eigenvalue weighted by atomic mass is 9.82. The second kappa shape index (κ2) is 10.4. The van der Waals surface area contributed by atoms with Crippen LogP contribution in [0.4, 0.5) is 13.6 Å². The summed E-state index contributed by atoms with van der Waals surface area (Å²) in [7, 11) is 0. The molecule has 0 aliphatic carbocycles. The molecule has 0 spiro atoms. The van der Waals surface area contributed by atoms with E-state index in [1.54, 1.807) is 0 Å². The smallest absolute Gasteiger partial charge is 0.320 e. The van der Waals surface area contributed by atoms with Crippen LogP contribution in [0.5, 0.6) is 0 Å². The molecule has 2 aliphatic heterocycles. The molecule has 2 atom stereocenters. The van der Waals surface area contributed by atoms with Crippen molar-refractivity contribution in [2.75, 3.05) is 26.2 Å². The third-order valence-electron chi connectivity index (χ3n) is 7.56. The number of rotatable bonds is 4. The first-order valence-corrected chi connectivity index (χ1v) is 12.7. The predicted molar refractivity (Wildman–Crippen MR) is 134 cm³/mol. The number of hydrogen-bond acceptors (Lipinski definition) is 3. The molecule has 2 aromatic carbocycles. The molecule has 2 aliphatic rings. The number of amides is 2. The number of hydrogen-bond donors (Lipinski definition) is 2. The zero-order chi connectivity index (χ0) is 25.2. The van der Waals surface area contributed by atoms with Gasteiger partial charge in [-0.25, -0.2) is 13.6 Å². The molecule has 6 nitrogen and oxygen atoms in total. The van der Waals surface area contributed by atoms with Crippen LogP contribution in [0.15, 0.2) is 48.5 Å². The van der Waals surface area contributed by atoms with Gasteiger partial charge in [0.1, 0.15) is 11.6 Å². The average Bonchev–Trinajstić information content (AvgIpc) is 3.38. The number of piperidine rings is 2. The molecule has 2 N–H and O–H groups in total. The van der Waals surface area contributed by atoms with E-state index < -0.39 is 11.6 Å². The van der Waals surface area contributed by atoms with Crippen LogP contribution in [0.25, 0.3) is 11.3 Å². The molecule has 2 unspecified atom stereocenters. The van der Waals surface area contributed by atoms with Crippen LogP contribution >= 0.6 is 0 Å². The number of H-pyrrole nitrogens is 1. The number of urea groups is 1. The Hall–Kier alpha value is -3.26. The number of nitrogens with one attached hydrogen (secondary N) is 1. The maximum atomic E-state index is 14.4. The number of halogens is 2. The summed E-state index contributed by atoms with van der Waals surface area (Å²) in [5.74, 6) is -1.16. The first-order valence-electron chi connectivity index (χ1n) is 12.7. The van der Waals surface area contributed by atoms with E-state index in [1.807, 2.05) is 15.9 Å². The molecule has 0 bridgehead atoms. The molecule has 190 valence electrons. The van der Waals surface area contributed by atoms with E-state index in [-0.39, 0.29) is 29.5 Å². The molecular weight excluding hydrogens is 462 g/mol. The summed E-state index contributed by atoms with van der Waals surface area (Å²) in [6, 6.07) is 13.9. The highest BCUT2D eigenvalue weighted by Crippen LogP contribution is 2.37. The molecule has 2 fully saturated rings. The fourth-order valence-electron chi connectivity index (χ4n) is 5.39. The van der Waals surface area contributed by atoms with Crippen molar-refractivity contribution >= 4 is 6.03 Å². The van der Waals surface area contributed by atoms with E-state index in [0.717, 1.165) is 24.6 Å².